The lowest BCUT2D eigenvalue weighted by Gasteiger charge is -2.21. The van der Waals surface area contributed by atoms with Gasteiger partial charge in [-0.15, -0.1) is 0 Å². The highest BCUT2D eigenvalue weighted by Crippen LogP contribution is 2.22. The van der Waals surface area contributed by atoms with Crippen molar-refractivity contribution in [3.63, 3.8) is 0 Å². The molecule has 0 saturated heterocycles. The zero-order chi connectivity index (χ0) is 15.2. The monoisotopic (exact) mass is 287 g/mol. The van der Waals surface area contributed by atoms with E-state index in [2.05, 4.69) is 31.3 Å². The third-order valence-electron chi connectivity index (χ3n) is 3.51. The lowest BCUT2D eigenvalue weighted by Crippen LogP contribution is -2.27. The Morgan fingerprint density at radius 1 is 1.14 bits per heavy atom. The maximum atomic E-state index is 13.7. The second-order valence-electron chi connectivity index (χ2n) is 5.21. The van der Waals surface area contributed by atoms with Crippen molar-refractivity contribution >= 4 is 0 Å². The van der Waals surface area contributed by atoms with Crippen LogP contribution < -0.4 is 10.1 Å². The van der Waals surface area contributed by atoms with Gasteiger partial charge in [0, 0.05) is 0 Å². The van der Waals surface area contributed by atoms with Crippen LogP contribution in [-0.4, -0.2) is 13.2 Å². The summed E-state index contributed by atoms with van der Waals surface area (Å²) in [6.07, 6.45) is 0. The van der Waals surface area contributed by atoms with E-state index in [1.54, 1.807) is 12.1 Å². The molecule has 1 unspecified atom stereocenters. The smallest absolute Gasteiger partial charge is 0.165 e. The first-order valence-corrected chi connectivity index (χ1v) is 7.29. The molecule has 2 aromatic rings. The molecule has 1 N–H and O–H groups in total. The molecular weight excluding hydrogens is 265 g/mol. The van der Waals surface area contributed by atoms with Gasteiger partial charge in [-0.05, 0) is 49.2 Å². The summed E-state index contributed by atoms with van der Waals surface area (Å²) in [5.41, 5.74) is 3.38. The van der Waals surface area contributed by atoms with Gasteiger partial charge in [0.25, 0.3) is 0 Å². The molecule has 0 fully saturated rings. The van der Waals surface area contributed by atoms with Crippen molar-refractivity contribution in [1.29, 1.82) is 0 Å². The Kier molecular flexibility index (Phi) is 5.34. The van der Waals surface area contributed by atoms with Crippen molar-refractivity contribution in [2.24, 2.45) is 0 Å². The fourth-order valence-corrected chi connectivity index (χ4v) is 2.38. The number of likely N-dealkylation sites (N-methyl/N-ethyl adjacent to an activating group) is 1. The first-order valence-electron chi connectivity index (χ1n) is 7.29. The number of benzene rings is 2. The average Bonchev–Trinajstić information content (AvgIpc) is 2.47. The van der Waals surface area contributed by atoms with Gasteiger partial charge >= 0.3 is 0 Å². The fraction of sp³-hybridized carbons (Fsp3) is 0.333. The quantitative estimate of drug-likeness (QED) is 0.861. The molecule has 21 heavy (non-hydrogen) atoms. The predicted molar refractivity (Wildman–Crippen MR) is 84.2 cm³/mol. The zero-order valence-corrected chi connectivity index (χ0v) is 12.8. The number of rotatable bonds is 6. The van der Waals surface area contributed by atoms with Gasteiger partial charge in [-0.1, -0.05) is 37.3 Å². The lowest BCUT2D eigenvalue weighted by atomic mass is 10.0. The molecule has 0 radical (unpaired) electrons. The van der Waals surface area contributed by atoms with Gasteiger partial charge in [0.1, 0.15) is 6.61 Å². The Balaban J connectivity index is 2.14. The highest BCUT2D eigenvalue weighted by atomic mass is 19.1. The summed E-state index contributed by atoms with van der Waals surface area (Å²) in [7, 11) is 0. The number of aryl methyl sites for hydroxylation is 2. The Bertz CT molecular complexity index is 598. The van der Waals surface area contributed by atoms with E-state index in [4.69, 9.17) is 4.74 Å². The van der Waals surface area contributed by atoms with E-state index in [9.17, 15) is 4.39 Å². The maximum absolute atomic E-state index is 13.7. The molecule has 0 spiro atoms. The third kappa shape index (κ3) is 4.05. The highest BCUT2D eigenvalue weighted by molar-refractivity contribution is 5.31. The van der Waals surface area contributed by atoms with Crippen LogP contribution in [0, 0.1) is 19.7 Å². The van der Waals surface area contributed by atoms with Gasteiger partial charge in [0.2, 0.25) is 0 Å². The minimum Gasteiger partial charge on any atom is -0.489 e. The van der Waals surface area contributed by atoms with Crippen LogP contribution in [0.1, 0.15) is 29.7 Å². The molecule has 0 bridgehead atoms. The van der Waals surface area contributed by atoms with E-state index in [-0.39, 0.29) is 11.9 Å². The van der Waals surface area contributed by atoms with Gasteiger partial charge in [0.05, 0.1) is 6.04 Å². The minimum atomic E-state index is -0.319. The van der Waals surface area contributed by atoms with Gasteiger partial charge in [-0.3, -0.25) is 0 Å². The van der Waals surface area contributed by atoms with E-state index >= 15 is 0 Å². The van der Waals surface area contributed by atoms with Gasteiger partial charge in [-0.2, -0.15) is 0 Å². The molecule has 2 rings (SSSR count). The van der Waals surface area contributed by atoms with Crippen LogP contribution in [0.15, 0.2) is 42.5 Å². The van der Waals surface area contributed by atoms with Gasteiger partial charge in [-0.25, -0.2) is 4.39 Å². The molecule has 0 aliphatic rings. The Morgan fingerprint density at radius 3 is 2.62 bits per heavy atom. The van der Waals surface area contributed by atoms with Crippen molar-refractivity contribution in [3.8, 4) is 5.75 Å². The molecule has 0 aromatic heterocycles. The van der Waals surface area contributed by atoms with E-state index in [1.807, 2.05) is 19.1 Å². The zero-order valence-electron chi connectivity index (χ0n) is 12.8. The van der Waals surface area contributed by atoms with E-state index in [1.165, 1.54) is 17.2 Å². The number of nitrogens with one attached hydrogen (secondary N) is 1. The standard InChI is InChI=1S/C18H22FNO/c1-4-20-17(15-8-6-5-7-14(15)3)12-21-18-11-13(2)9-10-16(18)19/h5-11,17,20H,4,12H2,1-3H3. The topological polar surface area (TPSA) is 21.3 Å². The predicted octanol–water partition coefficient (Wildman–Crippen LogP) is 4.17. The van der Waals surface area contributed by atoms with Crippen LogP contribution in [0.4, 0.5) is 4.39 Å². The molecule has 0 heterocycles. The van der Waals surface area contributed by atoms with Gasteiger partial charge in [0.15, 0.2) is 11.6 Å². The number of hydrogen-bond donors (Lipinski definition) is 1. The summed E-state index contributed by atoms with van der Waals surface area (Å²) in [4.78, 5) is 0. The first kappa shape index (κ1) is 15.5. The molecule has 2 aromatic carbocycles. The Morgan fingerprint density at radius 2 is 1.90 bits per heavy atom. The van der Waals surface area contributed by atoms with E-state index < -0.39 is 0 Å². The van der Waals surface area contributed by atoms with Crippen LogP contribution in [0.3, 0.4) is 0 Å². The molecule has 1 atom stereocenters. The van der Waals surface area contributed by atoms with E-state index in [0.29, 0.717) is 12.4 Å². The third-order valence-corrected chi connectivity index (χ3v) is 3.51. The summed E-state index contributed by atoms with van der Waals surface area (Å²) in [6, 6.07) is 13.2. The Labute approximate surface area is 126 Å². The normalized spacial score (nSPS) is 12.2. The van der Waals surface area contributed by atoms with Crippen molar-refractivity contribution in [2.45, 2.75) is 26.8 Å². The van der Waals surface area contributed by atoms with Crippen LogP contribution in [0.2, 0.25) is 0 Å². The molecule has 3 heteroatoms. The second kappa shape index (κ2) is 7.23. The number of ether oxygens (including phenoxy) is 1. The van der Waals surface area contributed by atoms with Crippen molar-refractivity contribution in [2.75, 3.05) is 13.2 Å². The van der Waals surface area contributed by atoms with Crippen LogP contribution in [0.25, 0.3) is 0 Å². The molecular formula is C18H22FNO. The van der Waals surface area contributed by atoms with E-state index in [0.717, 1.165) is 12.1 Å². The minimum absolute atomic E-state index is 0.0520. The molecule has 0 amide bonds. The SMILES string of the molecule is CCNC(COc1cc(C)ccc1F)c1ccccc1C. The number of halogens is 1. The van der Waals surface area contributed by atoms with Crippen molar-refractivity contribution in [1.82, 2.24) is 5.32 Å². The van der Waals surface area contributed by atoms with Crippen LogP contribution >= 0.6 is 0 Å². The fourth-order valence-electron chi connectivity index (χ4n) is 2.38. The van der Waals surface area contributed by atoms with Crippen LogP contribution in [-0.2, 0) is 0 Å². The maximum Gasteiger partial charge on any atom is 0.165 e. The molecule has 0 aliphatic heterocycles. The Hall–Kier alpha value is -1.87. The molecule has 0 aliphatic carbocycles. The summed E-state index contributed by atoms with van der Waals surface area (Å²) < 4.78 is 19.4. The largest absolute Gasteiger partial charge is 0.489 e. The molecule has 112 valence electrons. The van der Waals surface area contributed by atoms with Crippen molar-refractivity contribution < 1.29 is 9.13 Å². The molecule has 0 saturated carbocycles. The first-order chi connectivity index (χ1) is 10.1. The second-order valence-corrected chi connectivity index (χ2v) is 5.21. The van der Waals surface area contributed by atoms with Crippen LogP contribution in [0.5, 0.6) is 5.75 Å². The summed E-state index contributed by atoms with van der Waals surface area (Å²) in [6.45, 7) is 7.29. The van der Waals surface area contributed by atoms with Crippen molar-refractivity contribution in [3.05, 3.63) is 65.0 Å². The average molecular weight is 287 g/mol. The summed E-state index contributed by atoms with van der Waals surface area (Å²) in [5, 5.41) is 3.40. The van der Waals surface area contributed by atoms with Gasteiger partial charge < -0.3 is 10.1 Å². The number of hydrogen-bond acceptors (Lipinski definition) is 2. The summed E-state index contributed by atoms with van der Waals surface area (Å²) >= 11 is 0. The summed E-state index contributed by atoms with van der Waals surface area (Å²) in [5.74, 6) is -0.00730. The highest BCUT2D eigenvalue weighted by Gasteiger charge is 2.14. The lowest BCUT2D eigenvalue weighted by molar-refractivity contribution is 0.256. The molecule has 2 nitrogen and oxygen atoms in total.